The summed E-state index contributed by atoms with van der Waals surface area (Å²) in [5.41, 5.74) is 0.566. The Kier molecular flexibility index (Phi) is 3.66. The summed E-state index contributed by atoms with van der Waals surface area (Å²) in [6, 6.07) is 6.64. The zero-order valence-electron chi connectivity index (χ0n) is 9.68. The van der Waals surface area contributed by atoms with Crippen molar-refractivity contribution < 1.29 is 19.4 Å². The van der Waals surface area contributed by atoms with Crippen LogP contribution in [0.4, 0.5) is 10.5 Å². The summed E-state index contributed by atoms with van der Waals surface area (Å²) in [7, 11) is 0. The first kappa shape index (κ1) is 12.2. The van der Waals surface area contributed by atoms with Gasteiger partial charge in [-0.2, -0.15) is 0 Å². The number of benzene rings is 1. The van der Waals surface area contributed by atoms with E-state index in [4.69, 9.17) is 9.84 Å². The van der Waals surface area contributed by atoms with Crippen molar-refractivity contribution in [2.45, 2.75) is 18.9 Å². The van der Waals surface area contributed by atoms with Crippen LogP contribution in [0.2, 0.25) is 0 Å². The molecule has 1 aliphatic rings. The Balaban J connectivity index is 1.89. The SMILES string of the molecule is O=C(O)COc1cccc(NC(=O)NC2CC2)c1. The molecule has 0 heterocycles. The van der Waals surface area contributed by atoms with Crippen molar-refractivity contribution in [3.05, 3.63) is 24.3 Å². The van der Waals surface area contributed by atoms with E-state index < -0.39 is 12.6 Å². The third-order valence-corrected chi connectivity index (χ3v) is 2.37. The van der Waals surface area contributed by atoms with Gasteiger partial charge in [-0.05, 0) is 25.0 Å². The lowest BCUT2D eigenvalue weighted by molar-refractivity contribution is -0.139. The number of nitrogens with one attached hydrogen (secondary N) is 2. The fourth-order valence-electron chi connectivity index (χ4n) is 1.39. The van der Waals surface area contributed by atoms with E-state index in [-0.39, 0.29) is 12.1 Å². The van der Waals surface area contributed by atoms with Gasteiger partial charge in [-0.15, -0.1) is 0 Å². The van der Waals surface area contributed by atoms with E-state index in [1.54, 1.807) is 24.3 Å². The number of carboxylic acid groups (broad SMARTS) is 1. The molecule has 6 nitrogen and oxygen atoms in total. The molecule has 0 atom stereocenters. The molecule has 1 saturated carbocycles. The summed E-state index contributed by atoms with van der Waals surface area (Å²) in [4.78, 5) is 21.8. The van der Waals surface area contributed by atoms with E-state index in [0.717, 1.165) is 12.8 Å². The van der Waals surface area contributed by atoms with Gasteiger partial charge in [0.15, 0.2) is 6.61 Å². The normalized spacial score (nSPS) is 13.8. The number of anilines is 1. The second-order valence-corrected chi connectivity index (χ2v) is 4.08. The molecule has 0 unspecified atom stereocenters. The van der Waals surface area contributed by atoms with Crippen LogP contribution in [0.3, 0.4) is 0 Å². The van der Waals surface area contributed by atoms with Crippen molar-refractivity contribution in [2.75, 3.05) is 11.9 Å². The van der Waals surface area contributed by atoms with Gasteiger partial charge in [0.25, 0.3) is 0 Å². The van der Waals surface area contributed by atoms with E-state index in [0.29, 0.717) is 11.4 Å². The molecular weight excluding hydrogens is 236 g/mol. The molecule has 0 aromatic heterocycles. The minimum atomic E-state index is -1.04. The smallest absolute Gasteiger partial charge is 0.341 e. The maximum atomic E-state index is 11.5. The number of urea groups is 1. The Hall–Kier alpha value is -2.24. The Morgan fingerprint density at radius 1 is 1.39 bits per heavy atom. The minimum Gasteiger partial charge on any atom is -0.482 e. The summed E-state index contributed by atoms with van der Waals surface area (Å²) < 4.78 is 5.01. The van der Waals surface area contributed by atoms with Gasteiger partial charge in [0.2, 0.25) is 0 Å². The molecule has 0 aliphatic heterocycles. The molecule has 2 amide bonds. The Morgan fingerprint density at radius 3 is 2.83 bits per heavy atom. The van der Waals surface area contributed by atoms with Crippen LogP contribution in [0.25, 0.3) is 0 Å². The second-order valence-electron chi connectivity index (χ2n) is 4.08. The largest absolute Gasteiger partial charge is 0.482 e. The van der Waals surface area contributed by atoms with E-state index in [2.05, 4.69) is 10.6 Å². The van der Waals surface area contributed by atoms with Gasteiger partial charge in [0.05, 0.1) is 0 Å². The van der Waals surface area contributed by atoms with Gasteiger partial charge in [0.1, 0.15) is 5.75 Å². The third kappa shape index (κ3) is 3.97. The number of amides is 2. The summed E-state index contributed by atoms with van der Waals surface area (Å²) >= 11 is 0. The lowest BCUT2D eigenvalue weighted by Crippen LogP contribution is -2.30. The molecule has 18 heavy (non-hydrogen) atoms. The Bertz CT molecular complexity index is 457. The summed E-state index contributed by atoms with van der Waals surface area (Å²) in [5, 5.41) is 13.9. The van der Waals surface area contributed by atoms with Crippen LogP contribution in [0.15, 0.2) is 24.3 Å². The number of hydrogen-bond acceptors (Lipinski definition) is 3. The molecule has 6 heteroatoms. The zero-order chi connectivity index (χ0) is 13.0. The van der Waals surface area contributed by atoms with Crippen molar-refractivity contribution >= 4 is 17.7 Å². The fraction of sp³-hybridized carbons (Fsp3) is 0.333. The second kappa shape index (κ2) is 5.39. The predicted molar refractivity (Wildman–Crippen MR) is 64.7 cm³/mol. The molecule has 0 saturated heterocycles. The highest BCUT2D eigenvalue weighted by atomic mass is 16.5. The molecule has 1 aromatic rings. The quantitative estimate of drug-likeness (QED) is 0.737. The minimum absolute atomic E-state index is 0.257. The molecular formula is C12H14N2O4. The lowest BCUT2D eigenvalue weighted by Gasteiger charge is -2.08. The number of carbonyl (C=O) groups excluding carboxylic acids is 1. The van der Waals surface area contributed by atoms with Crippen LogP contribution in [0.1, 0.15) is 12.8 Å². The molecule has 1 fully saturated rings. The summed E-state index contributed by atoms with van der Waals surface area (Å²) in [5.74, 6) is -0.638. The lowest BCUT2D eigenvalue weighted by atomic mass is 10.3. The molecule has 96 valence electrons. The number of ether oxygens (including phenoxy) is 1. The van der Waals surface area contributed by atoms with Crippen LogP contribution < -0.4 is 15.4 Å². The van der Waals surface area contributed by atoms with Crippen LogP contribution >= 0.6 is 0 Å². The first-order valence-corrected chi connectivity index (χ1v) is 5.65. The molecule has 3 N–H and O–H groups in total. The Labute approximate surface area is 104 Å². The van der Waals surface area contributed by atoms with Crippen LogP contribution in [-0.4, -0.2) is 29.8 Å². The molecule has 2 rings (SSSR count). The highest BCUT2D eigenvalue weighted by molar-refractivity contribution is 5.89. The molecule has 0 bridgehead atoms. The van der Waals surface area contributed by atoms with Crippen molar-refractivity contribution in [3.63, 3.8) is 0 Å². The van der Waals surface area contributed by atoms with E-state index in [9.17, 15) is 9.59 Å². The van der Waals surface area contributed by atoms with E-state index in [1.807, 2.05) is 0 Å². The third-order valence-electron chi connectivity index (χ3n) is 2.37. The summed E-state index contributed by atoms with van der Waals surface area (Å²) in [6.45, 7) is -0.405. The number of carboxylic acids is 1. The first-order chi connectivity index (χ1) is 8.63. The van der Waals surface area contributed by atoms with Gasteiger partial charge in [0, 0.05) is 17.8 Å². The van der Waals surface area contributed by atoms with Crippen molar-refractivity contribution in [1.29, 1.82) is 0 Å². The Morgan fingerprint density at radius 2 is 2.17 bits per heavy atom. The van der Waals surface area contributed by atoms with Gasteiger partial charge >= 0.3 is 12.0 Å². The van der Waals surface area contributed by atoms with Gasteiger partial charge < -0.3 is 20.5 Å². The van der Waals surface area contributed by atoms with E-state index in [1.165, 1.54) is 0 Å². The first-order valence-electron chi connectivity index (χ1n) is 5.65. The average molecular weight is 250 g/mol. The topological polar surface area (TPSA) is 87.7 Å². The van der Waals surface area contributed by atoms with Crippen LogP contribution in [0, 0.1) is 0 Å². The zero-order valence-corrected chi connectivity index (χ0v) is 9.68. The van der Waals surface area contributed by atoms with Crippen molar-refractivity contribution in [2.24, 2.45) is 0 Å². The van der Waals surface area contributed by atoms with Crippen LogP contribution in [0.5, 0.6) is 5.75 Å². The fourth-order valence-corrected chi connectivity index (χ4v) is 1.39. The highest BCUT2D eigenvalue weighted by Gasteiger charge is 2.23. The van der Waals surface area contributed by atoms with Gasteiger partial charge in [-0.25, -0.2) is 9.59 Å². The number of aliphatic carboxylic acids is 1. The monoisotopic (exact) mass is 250 g/mol. The molecule has 1 aromatic carbocycles. The standard InChI is InChI=1S/C12H14N2O4/c15-11(16)7-18-10-3-1-2-9(6-10)14-12(17)13-8-4-5-8/h1-3,6,8H,4-5,7H2,(H,15,16)(H2,13,14,17). The predicted octanol–water partition coefficient (Wildman–Crippen LogP) is 1.43. The molecule has 0 radical (unpaired) electrons. The number of rotatable bonds is 5. The van der Waals surface area contributed by atoms with Gasteiger partial charge in [-0.3, -0.25) is 0 Å². The van der Waals surface area contributed by atoms with Crippen molar-refractivity contribution in [1.82, 2.24) is 5.32 Å². The maximum Gasteiger partial charge on any atom is 0.341 e. The molecule has 1 aliphatic carbocycles. The number of hydrogen-bond donors (Lipinski definition) is 3. The van der Waals surface area contributed by atoms with Crippen LogP contribution in [-0.2, 0) is 4.79 Å². The highest BCUT2D eigenvalue weighted by Crippen LogP contribution is 2.20. The number of carbonyl (C=O) groups is 2. The average Bonchev–Trinajstić information content (AvgIpc) is 3.10. The van der Waals surface area contributed by atoms with Gasteiger partial charge in [-0.1, -0.05) is 6.07 Å². The molecule has 0 spiro atoms. The summed E-state index contributed by atoms with van der Waals surface area (Å²) in [6.07, 6.45) is 2.05. The van der Waals surface area contributed by atoms with Crippen molar-refractivity contribution in [3.8, 4) is 5.75 Å². The maximum absolute atomic E-state index is 11.5. The van der Waals surface area contributed by atoms with E-state index >= 15 is 0 Å².